The molecule has 0 aromatic heterocycles. The molecule has 0 unspecified atom stereocenters. The molecule has 0 rings (SSSR count). The number of halogens is 5. The first-order chi connectivity index (χ1) is 5.56. The summed E-state index contributed by atoms with van der Waals surface area (Å²) >= 11 is -1.03. The molecule has 0 aromatic rings. The van der Waals surface area contributed by atoms with Gasteiger partial charge in [-0.3, -0.25) is 4.79 Å². The molecular weight excluding hydrogens is 383 g/mol. The van der Waals surface area contributed by atoms with E-state index >= 15 is 0 Å². The van der Waals surface area contributed by atoms with Crippen molar-refractivity contribution >= 4 is 196 Å². The molecule has 12 heteroatoms. The average molecular weight is 389 g/mol. The van der Waals surface area contributed by atoms with Crippen LogP contribution in [0.15, 0.2) is 0 Å². The molecule has 0 aliphatic heterocycles. The van der Waals surface area contributed by atoms with E-state index in [2.05, 4.69) is 0 Å². The van der Waals surface area contributed by atoms with Crippen molar-refractivity contribution in [2.24, 2.45) is 0 Å². The van der Waals surface area contributed by atoms with Crippen molar-refractivity contribution in [1.29, 1.82) is 0 Å². The predicted molar refractivity (Wildman–Crippen MR) is 74.1 cm³/mol. The number of carbonyl (C=O) groups is 1. The van der Waals surface area contributed by atoms with Gasteiger partial charge in [-0.2, -0.15) is 0 Å². The molecule has 0 aliphatic carbocycles. The Bertz CT molecular complexity index is 73.7. The zero-order valence-electron chi connectivity index (χ0n) is 6.66. The summed E-state index contributed by atoms with van der Waals surface area (Å²) in [5.41, 5.74) is 0. The maximum absolute atomic E-state index is 9.00. The Kier molecular flexibility index (Phi) is 134. The van der Waals surface area contributed by atoms with Crippen LogP contribution in [0.25, 0.3) is 0 Å². The van der Waals surface area contributed by atoms with Crippen LogP contribution in [-0.4, -0.2) is 166 Å². The molecule has 0 saturated heterocycles. The SMILES string of the molecule is CC(=O)O.[Cl][Ca][Cl].[Cl][K].[Cl][Mg][Cl].[NaH].[NaH]. The summed E-state index contributed by atoms with van der Waals surface area (Å²) < 4.78 is 4.83. The van der Waals surface area contributed by atoms with Crippen LogP contribution in [0.2, 0.25) is 0 Å². The molecule has 0 bridgehead atoms. The van der Waals surface area contributed by atoms with Crippen molar-refractivity contribution in [3.63, 3.8) is 0 Å². The summed E-state index contributed by atoms with van der Waals surface area (Å²) in [7, 11) is 9.81. The van der Waals surface area contributed by atoms with E-state index in [1.165, 1.54) is 0 Å². The van der Waals surface area contributed by atoms with Crippen molar-refractivity contribution in [3.05, 3.63) is 0 Å². The third-order valence-electron chi connectivity index (χ3n) is 0. The van der Waals surface area contributed by atoms with Crippen molar-refractivity contribution in [2.45, 2.75) is 6.92 Å². The molecule has 0 heterocycles. The quantitative estimate of drug-likeness (QED) is 0.631. The second kappa shape index (κ2) is 50.4. The van der Waals surface area contributed by atoms with E-state index in [-0.39, 0.29) is 59.1 Å². The summed E-state index contributed by atoms with van der Waals surface area (Å²) in [6.07, 6.45) is 9.90. The van der Waals surface area contributed by atoms with Crippen LogP contribution in [0.5, 0.6) is 0 Å². The Hall–Kier alpha value is 6.58. The van der Waals surface area contributed by atoms with E-state index in [9.17, 15) is 0 Å². The van der Waals surface area contributed by atoms with E-state index in [1.54, 1.807) is 0 Å². The van der Waals surface area contributed by atoms with E-state index in [4.69, 9.17) is 44.6 Å². The minimum atomic E-state index is -0.931. The van der Waals surface area contributed by atoms with Crippen LogP contribution >= 0.6 is 34.7 Å². The maximum atomic E-state index is 9.00. The molecule has 68 valence electrons. The second-order valence-corrected chi connectivity index (χ2v) is 6.99. The van der Waals surface area contributed by atoms with Gasteiger partial charge in [0.05, 0.1) is 0 Å². The molecule has 1 N–H and O–H groups in total. The molecule has 0 radical (unpaired) electrons. The Balaban J connectivity index is -0.0000000149. The zero-order valence-corrected chi connectivity index (χ0v) is 17.2. The number of hydrogen-bond acceptors (Lipinski definition) is 1. The van der Waals surface area contributed by atoms with Gasteiger partial charge in [-0.05, 0) is 0 Å². The first-order valence-corrected chi connectivity index (χ1v) is 17.0. The minimum absolute atomic E-state index is 0. The summed E-state index contributed by atoms with van der Waals surface area (Å²) in [5, 5.41) is 7.42. The van der Waals surface area contributed by atoms with Gasteiger partial charge in [-0.1, -0.05) is 0 Å². The van der Waals surface area contributed by atoms with Crippen LogP contribution in [0.1, 0.15) is 6.92 Å². The third-order valence-corrected chi connectivity index (χ3v) is 0. The first-order valence-electron chi connectivity index (χ1n) is 2.37. The van der Waals surface area contributed by atoms with Crippen LogP contribution < -0.4 is 0 Å². The van der Waals surface area contributed by atoms with Crippen molar-refractivity contribution in [2.75, 3.05) is 0 Å². The van der Waals surface area contributed by atoms with Gasteiger partial charge in [-0.25, -0.2) is 0 Å². The predicted octanol–water partition coefficient (Wildman–Crippen LogP) is 1.10. The molecule has 14 heavy (non-hydrogen) atoms. The van der Waals surface area contributed by atoms with E-state index < -0.39 is 55.0 Å². The molecule has 0 saturated carbocycles. The molecule has 0 aliphatic rings. The normalized spacial score (nSPS) is 3.71. The van der Waals surface area contributed by atoms with Gasteiger partial charge in [0, 0.05) is 6.92 Å². The molecule has 0 amide bonds. The number of carboxylic acids is 1. The molecular formula is C2H6CaCl5KMgNa2O2. The number of aliphatic carboxylic acids is 1. The fraction of sp³-hybridized carbons (Fsp3) is 0.500. The fourth-order valence-electron chi connectivity index (χ4n) is 0. The molecule has 0 spiro atoms. The summed E-state index contributed by atoms with van der Waals surface area (Å²) in [6, 6.07) is 0. The molecule has 0 fully saturated rings. The topological polar surface area (TPSA) is 37.3 Å². The molecule has 0 aromatic carbocycles. The monoisotopic (exact) mass is 386 g/mol. The van der Waals surface area contributed by atoms with E-state index in [0.717, 1.165) is 6.92 Å². The van der Waals surface area contributed by atoms with Gasteiger partial charge in [-0.15, -0.1) is 0 Å². The van der Waals surface area contributed by atoms with Gasteiger partial charge >= 0.3 is 172 Å². The van der Waals surface area contributed by atoms with Crippen LogP contribution in [0.3, 0.4) is 0 Å². The average Bonchev–Trinajstić information content (AvgIpc) is 1.92. The Morgan fingerprint density at radius 1 is 1.29 bits per heavy atom. The van der Waals surface area contributed by atoms with Crippen LogP contribution in [0.4, 0.5) is 0 Å². The van der Waals surface area contributed by atoms with Gasteiger partial charge in [0.25, 0.3) is 5.97 Å². The van der Waals surface area contributed by atoms with Gasteiger partial charge in [0.1, 0.15) is 0 Å². The van der Waals surface area contributed by atoms with Gasteiger partial charge < -0.3 is 23.2 Å². The number of carboxylic acid groups (broad SMARTS) is 1. The standard InChI is InChI=1S/C2H4O2.Ca.5ClH.K.Mg.2Na.2H/c1-2(3)4;;;;;;;;;;;;/h1H3,(H,3,4);;5*1H;;;;;;/q;+2;;;;;;+1;+2;;;;/p-5. The fourth-order valence-corrected chi connectivity index (χ4v) is 0. The van der Waals surface area contributed by atoms with Gasteiger partial charge in [0.2, 0.25) is 0 Å². The summed E-state index contributed by atoms with van der Waals surface area (Å²) in [4.78, 5) is 9.00. The van der Waals surface area contributed by atoms with Crippen LogP contribution in [-0.2, 0) is 4.79 Å². The molecule has 2 nitrogen and oxygen atoms in total. The van der Waals surface area contributed by atoms with Gasteiger partial charge in [0.15, 0.2) is 0 Å². The molecule has 0 atom stereocenters. The third kappa shape index (κ3) is 133. The zero-order chi connectivity index (χ0) is 11.0. The second-order valence-electron chi connectivity index (χ2n) is 0.721. The summed E-state index contributed by atoms with van der Waals surface area (Å²) in [5.74, 6) is -0.833. The number of rotatable bonds is 0. The Labute approximate surface area is 206 Å². The van der Waals surface area contributed by atoms with Crippen molar-refractivity contribution in [3.8, 4) is 0 Å². The Morgan fingerprint density at radius 2 is 1.29 bits per heavy atom. The first kappa shape index (κ1) is 37.1. The Morgan fingerprint density at radius 3 is 1.29 bits per heavy atom. The van der Waals surface area contributed by atoms with E-state index in [0.29, 0.717) is 47.1 Å². The van der Waals surface area contributed by atoms with Crippen molar-refractivity contribution in [1.82, 2.24) is 0 Å². The van der Waals surface area contributed by atoms with E-state index in [1.807, 2.05) is 0 Å². The van der Waals surface area contributed by atoms with Crippen LogP contribution in [0, 0.1) is 0 Å². The number of hydrogen-bond donors (Lipinski definition) is 1. The van der Waals surface area contributed by atoms with Crippen molar-refractivity contribution < 1.29 is 9.90 Å². The summed E-state index contributed by atoms with van der Waals surface area (Å²) in [6.45, 7) is 1.08.